The van der Waals surface area contributed by atoms with Crippen molar-refractivity contribution >= 4 is 11.6 Å². The molecule has 10 heavy (non-hydrogen) atoms. The average Bonchev–Trinajstić information content (AvgIpc) is 2.09. The average molecular weight is 163 g/mol. The Morgan fingerprint density at radius 3 is 2.50 bits per heavy atom. The summed E-state index contributed by atoms with van der Waals surface area (Å²) in [6.45, 7) is 1.74. The van der Waals surface area contributed by atoms with Crippen LogP contribution >= 0.6 is 11.6 Å². The fourth-order valence-electron chi connectivity index (χ4n) is 0.826. The van der Waals surface area contributed by atoms with Gasteiger partial charge in [0.05, 0.1) is 11.6 Å². The minimum absolute atomic E-state index is 0.186. The third-order valence-electron chi connectivity index (χ3n) is 1.40. The Kier molecular flexibility index (Phi) is 1.94. The molecular weight excluding hydrogens is 155 g/mol. The fourth-order valence-corrected chi connectivity index (χ4v) is 1.13. The van der Waals surface area contributed by atoms with Gasteiger partial charge in [-0.15, -0.1) is 11.6 Å². The molecule has 0 saturated carbocycles. The Balaban J connectivity index is 3.20. The van der Waals surface area contributed by atoms with Crippen LogP contribution < -0.4 is 0 Å². The summed E-state index contributed by atoms with van der Waals surface area (Å²) in [6, 6.07) is 0. The molecule has 0 atom stereocenters. The van der Waals surface area contributed by atoms with E-state index in [4.69, 9.17) is 11.6 Å². The summed E-state index contributed by atoms with van der Waals surface area (Å²) in [5.74, 6) is -0.154. The molecule has 0 fully saturated rings. The van der Waals surface area contributed by atoms with Gasteiger partial charge in [-0.1, -0.05) is 0 Å². The molecule has 0 saturated heterocycles. The number of hydrogen-bond acceptors (Lipinski definition) is 1. The van der Waals surface area contributed by atoms with Crippen molar-refractivity contribution in [2.45, 2.75) is 12.8 Å². The Hall–Kier alpha value is -0.570. The van der Waals surface area contributed by atoms with Crippen LogP contribution in [0.1, 0.15) is 11.3 Å². The zero-order valence-corrected chi connectivity index (χ0v) is 6.61. The molecule has 0 aromatic carbocycles. The second-order valence-corrected chi connectivity index (χ2v) is 2.38. The van der Waals surface area contributed by atoms with Gasteiger partial charge in [-0.05, 0) is 6.92 Å². The van der Waals surface area contributed by atoms with Gasteiger partial charge in [0.1, 0.15) is 0 Å². The second kappa shape index (κ2) is 2.58. The number of rotatable bonds is 1. The highest BCUT2D eigenvalue weighted by molar-refractivity contribution is 6.17. The number of nitrogens with zero attached hydrogens (tertiary/aromatic N) is 2. The van der Waals surface area contributed by atoms with Crippen LogP contribution in [-0.2, 0) is 12.9 Å². The SMILES string of the molecule is Cc1nn(C)c(F)c1CCl. The Labute approximate surface area is 63.6 Å². The Morgan fingerprint density at radius 1 is 1.70 bits per heavy atom. The van der Waals surface area contributed by atoms with Crippen molar-refractivity contribution in [2.24, 2.45) is 7.05 Å². The lowest BCUT2D eigenvalue weighted by molar-refractivity contribution is 0.498. The van der Waals surface area contributed by atoms with Crippen LogP contribution in [0.3, 0.4) is 0 Å². The third-order valence-corrected chi connectivity index (χ3v) is 1.67. The molecule has 0 bridgehead atoms. The summed E-state index contributed by atoms with van der Waals surface area (Å²) in [6.07, 6.45) is 0. The van der Waals surface area contributed by atoms with Gasteiger partial charge in [-0.25, -0.2) is 4.68 Å². The van der Waals surface area contributed by atoms with E-state index < -0.39 is 0 Å². The van der Waals surface area contributed by atoms with Crippen molar-refractivity contribution < 1.29 is 4.39 Å². The molecule has 1 heterocycles. The zero-order valence-electron chi connectivity index (χ0n) is 5.86. The fraction of sp³-hybridized carbons (Fsp3) is 0.500. The van der Waals surface area contributed by atoms with Gasteiger partial charge in [0.2, 0.25) is 5.95 Å². The van der Waals surface area contributed by atoms with Gasteiger partial charge in [0, 0.05) is 12.6 Å². The van der Waals surface area contributed by atoms with E-state index in [9.17, 15) is 4.39 Å². The molecule has 0 unspecified atom stereocenters. The molecule has 1 aromatic heterocycles. The van der Waals surface area contributed by atoms with Crippen LogP contribution in [-0.4, -0.2) is 9.78 Å². The van der Waals surface area contributed by atoms with Crippen LogP contribution in [0.4, 0.5) is 4.39 Å². The van der Waals surface area contributed by atoms with Crippen molar-refractivity contribution in [3.63, 3.8) is 0 Å². The molecule has 0 amide bonds. The second-order valence-electron chi connectivity index (χ2n) is 2.11. The normalized spacial score (nSPS) is 10.4. The summed E-state index contributed by atoms with van der Waals surface area (Å²) >= 11 is 5.46. The quantitative estimate of drug-likeness (QED) is 0.574. The monoisotopic (exact) mass is 162 g/mol. The molecule has 0 spiro atoms. The maximum absolute atomic E-state index is 12.8. The molecule has 1 aromatic rings. The molecule has 4 heteroatoms. The first-order chi connectivity index (χ1) is 4.66. The predicted octanol–water partition coefficient (Wildman–Crippen LogP) is 1.61. The van der Waals surface area contributed by atoms with Gasteiger partial charge in [-0.2, -0.15) is 9.49 Å². The molecule has 0 radical (unpaired) electrons. The highest BCUT2D eigenvalue weighted by Crippen LogP contribution is 2.12. The first-order valence-corrected chi connectivity index (χ1v) is 3.44. The van der Waals surface area contributed by atoms with Gasteiger partial charge in [0.25, 0.3) is 0 Å². The van der Waals surface area contributed by atoms with E-state index >= 15 is 0 Å². The van der Waals surface area contributed by atoms with Crippen molar-refractivity contribution in [3.8, 4) is 0 Å². The molecular formula is C6H8ClFN2. The first-order valence-electron chi connectivity index (χ1n) is 2.90. The van der Waals surface area contributed by atoms with Crippen molar-refractivity contribution in [1.82, 2.24) is 9.78 Å². The predicted molar refractivity (Wildman–Crippen MR) is 37.5 cm³/mol. The standard InChI is InChI=1S/C6H8ClFN2/c1-4-5(3-7)6(8)10(2)9-4/h3H2,1-2H3. The molecule has 0 aliphatic rings. The molecule has 56 valence electrons. The Bertz CT molecular complexity index is 244. The van der Waals surface area contributed by atoms with E-state index in [1.165, 1.54) is 4.68 Å². The van der Waals surface area contributed by atoms with Gasteiger partial charge < -0.3 is 0 Å². The molecule has 0 aliphatic carbocycles. The van der Waals surface area contributed by atoms with E-state index in [1.807, 2.05) is 0 Å². The maximum atomic E-state index is 12.8. The molecule has 0 N–H and O–H groups in total. The first kappa shape index (κ1) is 7.54. The van der Waals surface area contributed by atoms with E-state index in [0.29, 0.717) is 11.3 Å². The summed E-state index contributed by atoms with van der Waals surface area (Å²) in [5.41, 5.74) is 1.15. The van der Waals surface area contributed by atoms with Crippen LogP contribution in [0.5, 0.6) is 0 Å². The maximum Gasteiger partial charge on any atom is 0.215 e. The van der Waals surface area contributed by atoms with Crippen LogP contribution in [0.15, 0.2) is 0 Å². The van der Waals surface area contributed by atoms with Crippen LogP contribution in [0.25, 0.3) is 0 Å². The highest BCUT2D eigenvalue weighted by atomic mass is 35.5. The summed E-state index contributed by atoms with van der Waals surface area (Å²) in [5, 5.41) is 3.84. The lowest BCUT2D eigenvalue weighted by Gasteiger charge is -1.89. The lowest BCUT2D eigenvalue weighted by atomic mass is 10.3. The third kappa shape index (κ3) is 1.01. The van der Waals surface area contributed by atoms with Crippen molar-refractivity contribution in [3.05, 3.63) is 17.2 Å². The van der Waals surface area contributed by atoms with Crippen LogP contribution in [0.2, 0.25) is 0 Å². The van der Waals surface area contributed by atoms with Gasteiger partial charge >= 0.3 is 0 Å². The van der Waals surface area contributed by atoms with Crippen LogP contribution in [0, 0.1) is 12.9 Å². The number of hydrogen-bond donors (Lipinski definition) is 0. The highest BCUT2D eigenvalue weighted by Gasteiger charge is 2.10. The number of aromatic nitrogens is 2. The largest absolute Gasteiger partial charge is 0.242 e. The Morgan fingerprint density at radius 2 is 2.30 bits per heavy atom. The molecule has 2 nitrogen and oxygen atoms in total. The number of aryl methyl sites for hydroxylation is 2. The summed E-state index contributed by atoms with van der Waals surface area (Å²) < 4.78 is 14.0. The zero-order chi connectivity index (χ0) is 7.72. The van der Waals surface area contributed by atoms with E-state index in [2.05, 4.69) is 5.10 Å². The van der Waals surface area contributed by atoms with E-state index in [1.54, 1.807) is 14.0 Å². The van der Waals surface area contributed by atoms with Crippen molar-refractivity contribution in [2.75, 3.05) is 0 Å². The van der Waals surface area contributed by atoms with Gasteiger partial charge in [0.15, 0.2) is 0 Å². The van der Waals surface area contributed by atoms with Crippen molar-refractivity contribution in [1.29, 1.82) is 0 Å². The van der Waals surface area contributed by atoms with Gasteiger partial charge in [-0.3, -0.25) is 0 Å². The number of halogens is 2. The summed E-state index contributed by atoms with van der Waals surface area (Å²) in [7, 11) is 1.55. The smallest absolute Gasteiger partial charge is 0.215 e. The van der Waals surface area contributed by atoms with E-state index in [-0.39, 0.29) is 11.8 Å². The topological polar surface area (TPSA) is 17.8 Å². The summed E-state index contributed by atoms with van der Waals surface area (Å²) in [4.78, 5) is 0. The molecule has 0 aliphatic heterocycles. The number of alkyl halides is 1. The minimum Gasteiger partial charge on any atom is -0.242 e. The lowest BCUT2D eigenvalue weighted by Crippen LogP contribution is -1.94. The minimum atomic E-state index is -0.340. The van der Waals surface area contributed by atoms with E-state index in [0.717, 1.165) is 0 Å². The molecule has 1 rings (SSSR count).